The zero-order chi connectivity index (χ0) is 15.3. The number of hydrogen-bond donors (Lipinski definition) is 2. The Kier molecular flexibility index (Phi) is 5.82. The molecule has 0 bridgehead atoms. The van der Waals surface area contributed by atoms with Crippen LogP contribution in [0.25, 0.3) is 0 Å². The van der Waals surface area contributed by atoms with Gasteiger partial charge in [-0.2, -0.15) is 13.2 Å². The normalized spacial score (nSPS) is 13.1. The number of halogens is 4. The van der Waals surface area contributed by atoms with Crippen molar-refractivity contribution in [3.8, 4) is 0 Å². The molecular weight excluding hydrogens is 343 g/mol. The van der Waals surface area contributed by atoms with Crippen LogP contribution < -0.4 is 5.32 Å². The Balaban J connectivity index is 2.84. The first-order chi connectivity index (χ1) is 9.24. The van der Waals surface area contributed by atoms with Crippen LogP contribution in [0.4, 0.5) is 18.9 Å². The van der Waals surface area contributed by atoms with Gasteiger partial charge in [-0.1, -0.05) is 15.9 Å². The number of nitrogens with one attached hydrogen (secondary N) is 1. The number of carboxylic acid groups (broad SMARTS) is 1. The summed E-state index contributed by atoms with van der Waals surface area (Å²) in [5.74, 6) is -1.08. The second-order valence-electron chi connectivity index (χ2n) is 4.02. The Labute approximate surface area is 122 Å². The van der Waals surface area contributed by atoms with Gasteiger partial charge in [-0.25, -0.2) is 0 Å². The van der Waals surface area contributed by atoms with Crippen molar-refractivity contribution in [3.05, 3.63) is 28.2 Å². The molecule has 1 rings (SSSR count). The number of ether oxygens (including phenoxy) is 1. The van der Waals surface area contributed by atoms with Crippen molar-refractivity contribution in [2.45, 2.75) is 18.7 Å². The molecule has 0 aliphatic heterocycles. The van der Waals surface area contributed by atoms with Gasteiger partial charge in [0.25, 0.3) is 0 Å². The van der Waals surface area contributed by atoms with Crippen LogP contribution in [0.15, 0.2) is 22.7 Å². The van der Waals surface area contributed by atoms with Crippen molar-refractivity contribution >= 4 is 27.6 Å². The third-order valence-electron chi connectivity index (χ3n) is 2.54. The zero-order valence-corrected chi connectivity index (χ0v) is 12.1. The molecule has 2 N–H and O–H groups in total. The molecule has 0 saturated carbocycles. The van der Waals surface area contributed by atoms with Crippen LogP contribution in [0.5, 0.6) is 0 Å². The summed E-state index contributed by atoms with van der Waals surface area (Å²) in [6.07, 6.45) is -5.50. The SMILES string of the molecule is COC(CNc1ccc(Br)cc1C(F)(F)F)CC(=O)O. The first-order valence-electron chi connectivity index (χ1n) is 5.59. The molecule has 0 heterocycles. The number of carbonyl (C=O) groups is 1. The second kappa shape index (κ2) is 6.94. The summed E-state index contributed by atoms with van der Waals surface area (Å²) in [5.41, 5.74) is -0.940. The number of anilines is 1. The first-order valence-corrected chi connectivity index (χ1v) is 6.38. The summed E-state index contributed by atoms with van der Waals surface area (Å²) in [4.78, 5) is 10.6. The van der Waals surface area contributed by atoms with Crippen molar-refractivity contribution in [2.75, 3.05) is 19.0 Å². The lowest BCUT2D eigenvalue weighted by molar-refractivity contribution is -0.140. The van der Waals surface area contributed by atoms with E-state index in [2.05, 4.69) is 21.2 Å². The molecular formula is C12H13BrF3NO3. The highest BCUT2D eigenvalue weighted by Crippen LogP contribution is 2.36. The number of methoxy groups -OCH3 is 1. The van der Waals surface area contributed by atoms with Crippen LogP contribution in [0.2, 0.25) is 0 Å². The van der Waals surface area contributed by atoms with Crippen LogP contribution in [0.3, 0.4) is 0 Å². The van der Waals surface area contributed by atoms with Gasteiger partial charge in [0.05, 0.1) is 18.1 Å². The van der Waals surface area contributed by atoms with Crippen LogP contribution >= 0.6 is 15.9 Å². The van der Waals surface area contributed by atoms with Crippen LogP contribution in [0.1, 0.15) is 12.0 Å². The Bertz CT molecular complexity index is 480. The summed E-state index contributed by atoms with van der Waals surface area (Å²) < 4.78 is 43.8. The van der Waals surface area contributed by atoms with Gasteiger partial charge in [0.1, 0.15) is 0 Å². The van der Waals surface area contributed by atoms with Crippen molar-refractivity contribution in [1.29, 1.82) is 0 Å². The molecule has 0 amide bonds. The average Bonchev–Trinajstić information content (AvgIpc) is 2.34. The molecule has 1 aromatic carbocycles. The van der Waals surface area contributed by atoms with Gasteiger partial charge in [0, 0.05) is 23.8 Å². The first kappa shape index (κ1) is 16.8. The smallest absolute Gasteiger partial charge is 0.418 e. The van der Waals surface area contributed by atoms with Gasteiger partial charge in [0.2, 0.25) is 0 Å². The van der Waals surface area contributed by atoms with Crippen LogP contribution in [0, 0.1) is 0 Å². The lowest BCUT2D eigenvalue weighted by Gasteiger charge is -2.18. The molecule has 4 nitrogen and oxygen atoms in total. The van der Waals surface area contributed by atoms with E-state index in [9.17, 15) is 18.0 Å². The molecule has 112 valence electrons. The highest BCUT2D eigenvalue weighted by Gasteiger charge is 2.33. The molecule has 0 radical (unpaired) electrons. The fourth-order valence-corrected chi connectivity index (χ4v) is 1.92. The molecule has 1 aromatic rings. The van der Waals surface area contributed by atoms with Gasteiger partial charge in [0.15, 0.2) is 0 Å². The van der Waals surface area contributed by atoms with Crippen molar-refractivity contribution in [3.63, 3.8) is 0 Å². The molecule has 1 atom stereocenters. The maximum atomic E-state index is 12.9. The third kappa shape index (κ3) is 5.01. The van der Waals surface area contributed by atoms with E-state index in [4.69, 9.17) is 9.84 Å². The lowest BCUT2D eigenvalue weighted by Crippen LogP contribution is -2.26. The van der Waals surface area contributed by atoms with Gasteiger partial charge < -0.3 is 15.2 Å². The minimum Gasteiger partial charge on any atom is -0.481 e. The Morgan fingerprint density at radius 1 is 1.50 bits per heavy atom. The number of hydrogen-bond acceptors (Lipinski definition) is 3. The van der Waals surface area contributed by atoms with E-state index in [-0.39, 0.29) is 18.7 Å². The van der Waals surface area contributed by atoms with Crippen molar-refractivity contribution < 1.29 is 27.8 Å². The van der Waals surface area contributed by atoms with E-state index in [0.717, 1.165) is 6.07 Å². The number of aliphatic carboxylic acids is 1. The van der Waals surface area contributed by atoms with E-state index >= 15 is 0 Å². The second-order valence-corrected chi connectivity index (χ2v) is 4.94. The predicted molar refractivity (Wildman–Crippen MR) is 70.7 cm³/mol. The van der Waals surface area contributed by atoms with E-state index in [1.807, 2.05) is 0 Å². The molecule has 20 heavy (non-hydrogen) atoms. The summed E-state index contributed by atoms with van der Waals surface area (Å²) in [5, 5.41) is 11.2. The fraction of sp³-hybridized carbons (Fsp3) is 0.417. The van der Waals surface area contributed by atoms with E-state index < -0.39 is 23.8 Å². The summed E-state index contributed by atoms with van der Waals surface area (Å²) in [6, 6.07) is 3.71. The Hall–Kier alpha value is -1.28. The summed E-state index contributed by atoms with van der Waals surface area (Å²) in [7, 11) is 1.31. The van der Waals surface area contributed by atoms with Crippen molar-refractivity contribution in [1.82, 2.24) is 0 Å². The minimum absolute atomic E-state index is 0.0342. The van der Waals surface area contributed by atoms with E-state index in [1.54, 1.807) is 0 Å². The molecule has 8 heteroatoms. The number of alkyl halides is 3. The molecule has 1 unspecified atom stereocenters. The Morgan fingerprint density at radius 2 is 2.15 bits per heavy atom. The quantitative estimate of drug-likeness (QED) is 0.821. The fourth-order valence-electron chi connectivity index (χ4n) is 1.56. The van der Waals surface area contributed by atoms with Gasteiger partial charge in [-0.15, -0.1) is 0 Å². The Morgan fingerprint density at radius 3 is 2.65 bits per heavy atom. The van der Waals surface area contributed by atoms with Gasteiger partial charge in [-0.3, -0.25) is 4.79 Å². The topological polar surface area (TPSA) is 58.6 Å². The van der Waals surface area contributed by atoms with Gasteiger partial charge >= 0.3 is 12.1 Å². The van der Waals surface area contributed by atoms with Crippen LogP contribution in [-0.4, -0.2) is 30.8 Å². The van der Waals surface area contributed by atoms with Gasteiger partial charge in [-0.05, 0) is 18.2 Å². The minimum atomic E-state index is -4.50. The summed E-state index contributed by atoms with van der Waals surface area (Å²) >= 11 is 2.99. The molecule has 0 fully saturated rings. The van der Waals surface area contributed by atoms with Crippen LogP contribution in [-0.2, 0) is 15.7 Å². The monoisotopic (exact) mass is 355 g/mol. The highest BCUT2D eigenvalue weighted by atomic mass is 79.9. The predicted octanol–water partition coefficient (Wildman–Crippen LogP) is 3.37. The largest absolute Gasteiger partial charge is 0.481 e. The van der Waals surface area contributed by atoms with E-state index in [1.165, 1.54) is 19.2 Å². The number of carboxylic acids is 1. The standard InChI is InChI=1S/C12H13BrF3NO3/c1-20-8(5-11(18)19)6-17-10-3-2-7(13)4-9(10)12(14,15)16/h2-4,8,17H,5-6H2,1H3,(H,18,19). The average molecular weight is 356 g/mol. The number of rotatable bonds is 6. The molecule has 0 aliphatic rings. The third-order valence-corrected chi connectivity index (χ3v) is 3.04. The summed E-state index contributed by atoms with van der Waals surface area (Å²) in [6.45, 7) is -0.0342. The molecule has 0 aliphatic carbocycles. The molecule has 0 spiro atoms. The maximum absolute atomic E-state index is 12.9. The molecule has 0 aromatic heterocycles. The van der Waals surface area contributed by atoms with Crippen molar-refractivity contribution in [2.24, 2.45) is 0 Å². The highest BCUT2D eigenvalue weighted by molar-refractivity contribution is 9.10. The zero-order valence-electron chi connectivity index (χ0n) is 10.5. The maximum Gasteiger partial charge on any atom is 0.418 e. The lowest BCUT2D eigenvalue weighted by atomic mass is 10.1. The number of benzene rings is 1. The molecule has 0 saturated heterocycles. The van der Waals surface area contributed by atoms with E-state index in [0.29, 0.717) is 4.47 Å².